The van der Waals surface area contributed by atoms with Gasteiger partial charge in [-0.3, -0.25) is 0 Å². The van der Waals surface area contributed by atoms with Crippen molar-refractivity contribution in [3.8, 4) is 0 Å². The largest absolute Gasteiger partial charge is 0.478 e. The van der Waals surface area contributed by atoms with E-state index in [0.29, 0.717) is 24.0 Å². The summed E-state index contributed by atoms with van der Waals surface area (Å²) in [6.07, 6.45) is 3.43. The van der Waals surface area contributed by atoms with Crippen LogP contribution >= 0.6 is 11.6 Å². The maximum atomic E-state index is 10.7. The highest BCUT2D eigenvalue weighted by Crippen LogP contribution is 2.19. The normalized spacial score (nSPS) is 10.3. The van der Waals surface area contributed by atoms with Crippen LogP contribution in [0.1, 0.15) is 30.1 Å². The lowest BCUT2D eigenvalue weighted by molar-refractivity contribution is 0.0696. The number of unbranched alkanes of at least 4 members (excludes halogenated alkanes) is 1. The molecule has 18 heavy (non-hydrogen) atoms. The van der Waals surface area contributed by atoms with Crippen LogP contribution in [0.2, 0.25) is 5.02 Å². The highest BCUT2D eigenvalue weighted by atomic mass is 35.5. The molecule has 1 aromatic heterocycles. The van der Waals surface area contributed by atoms with Crippen molar-refractivity contribution in [2.75, 3.05) is 25.1 Å². The van der Waals surface area contributed by atoms with Crippen molar-refractivity contribution >= 4 is 23.4 Å². The van der Waals surface area contributed by atoms with Gasteiger partial charge in [0.05, 0.1) is 17.2 Å². The molecule has 0 aromatic carbocycles. The number of carboxylic acids is 1. The average Bonchev–Trinajstić information content (AvgIpc) is 2.35. The molecular weight excluding hydrogens is 256 g/mol. The zero-order valence-electron chi connectivity index (χ0n) is 10.3. The second-order valence-corrected chi connectivity index (χ2v) is 4.16. The van der Waals surface area contributed by atoms with Gasteiger partial charge < -0.3 is 15.2 Å². The molecule has 0 saturated heterocycles. The van der Waals surface area contributed by atoms with Crippen molar-refractivity contribution in [2.45, 2.75) is 19.8 Å². The molecule has 1 rings (SSSR count). The predicted molar refractivity (Wildman–Crippen MR) is 70.4 cm³/mol. The number of pyridine rings is 1. The van der Waals surface area contributed by atoms with Crippen molar-refractivity contribution in [2.24, 2.45) is 0 Å². The Labute approximate surface area is 111 Å². The Morgan fingerprint density at radius 3 is 2.94 bits per heavy atom. The van der Waals surface area contributed by atoms with E-state index in [4.69, 9.17) is 21.4 Å². The molecule has 1 heterocycles. The van der Waals surface area contributed by atoms with E-state index in [1.54, 1.807) is 0 Å². The van der Waals surface area contributed by atoms with E-state index in [-0.39, 0.29) is 5.56 Å². The van der Waals surface area contributed by atoms with Crippen LogP contribution in [0.3, 0.4) is 0 Å². The Hall–Kier alpha value is -1.33. The Kier molecular flexibility index (Phi) is 6.46. The number of nitrogens with one attached hydrogen (secondary N) is 1. The third-order valence-corrected chi connectivity index (χ3v) is 2.56. The molecule has 0 aliphatic rings. The standard InChI is InChI=1S/C12H17ClN2O3/c1-2-3-5-18-6-4-14-11-10(13)7-9(8-15-11)12(16)17/h7-8H,2-6H2,1H3,(H,14,15)(H,16,17). The van der Waals surface area contributed by atoms with Gasteiger partial charge >= 0.3 is 5.97 Å². The molecule has 0 aliphatic heterocycles. The summed E-state index contributed by atoms with van der Waals surface area (Å²) in [5, 5.41) is 12.0. The smallest absolute Gasteiger partial charge is 0.337 e. The van der Waals surface area contributed by atoms with E-state index < -0.39 is 5.97 Å². The summed E-state index contributed by atoms with van der Waals surface area (Å²) in [6.45, 7) is 4.01. The van der Waals surface area contributed by atoms with Crippen LogP contribution in [0.15, 0.2) is 12.3 Å². The molecule has 0 radical (unpaired) electrons. The first-order chi connectivity index (χ1) is 8.65. The van der Waals surface area contributed by atoms with E-state index in [1.807, 2.05) is 0 Å². The van der Waals surface area contributed by atoms with Gasteiger partial charge in [-0.15, -0.1) is 0 Å². The number of halogens is 1. The molecule has 0 atom stereocenters. The number of carbonyl (C=O) groups is 1. The van der Waals surface area contributed by atoms with Crippen molar-refractivity contribution in [3.05, 3.63) is 22.8 Å². The Morgan fingerprint density at radius 2 is 2.33 bits per heavy atom. The minimum atomic E-state index is -1.04. The minimum Gasteiger partial charge on any atom is -0.478 e. The zero-order chi connectivity index (χ0) is 13.4. The number of ether oxygens (including phenoxy) is 1. The summed E-state index contributed by atoms with van der Waals surface area (Å²) in [5.74, 6) is -0.570. The van der Waals surface area contributed by atoms with Crippen LogP contribution < -0.4 is 5.32 Å². The Morgan fingerprint density at radius 1 is 1.56 bits per heavy atom. The highest BCUT2D eigenvalue weighted by molar-refractivity contribution is 6.33. The lowest BCUT2D eigenvalue weighted by atomic mass is 10.3. The van der Waals surface area contributed by atoms with Gasteiger partial charge in [0.15, 0.2) is 0 Å². The third kappa shape index (κ3) is 4.89. The van der Waals surface area contributed by atoms with Gasteiger partial charge in [-0.1, -0.05) is 24.9 Å². The molecule has 2 N–H and O–H groups in total. The Bertz CT molecular complexity index is 399. The SMILES string of the molecule is CCCCOCCNc1ncc(C(=O)O)cc1Cl. The fourth-order valence-electron chi connectivity index (χ4n) is 1.28. The topological polar surface area (TPSA) is 71.5 Å². The number of hydrogen-bond acceptors (Lipinski definition) is 4. The summed E-state index contributed by atoms with van der Waals surface area (Å²) in [6, 6.07) is 1.37. The summed E-state index contributed by atoms with van der Waals surface area (Å²) in [4.78, 5) is 14.6. The van der Waals surface area contributed by atoms with E-state index in [9.17, 15) is 4.79 Å². The van der Waals surface area contributed by atoms with Crippen LogP contribution in [0.5, 0.6) is 0 Å². The van der Waals surface area contributed by atoms with E-state index in [0.717, 1.165) is 19.4 Å². The zero-order valence-corrected chi connectivity index (χ0v) is 11.0. The first-order valence-electron chi connectivity index (χ1n) is 5.85. The van der Waals surface area contributed by atoms with E-state index in [2.05, 4.69) is 17.2 Å². The molecule has 0 bridgehead atoms. The maximum absolute atomic E-state index is 10.7. The molecule has 100 valence electrons. The van der Waals surface area contributed by atoms with Crippen molar-refractivity contribution in [3.63, 3.8) is 0 Å². The molecule has 5 nitrogen and oxygen atoms in total. The molecule has 1 aromatic rings. The quantitative estimate of drug-likeness (QED) is 0.712. The van der Waals surface area contributed by atoms with Crippen molar-refractivity contribution in [1.82, 2.24) is 4.98 Å². The summed E-state index contributed by atoms with van der Waals surface area (Å²) in [7, 11) is 0. The molecule has 0 unspecified atom stereocenters. The predicted octanol–water partition coefficient (Wildman–Crippen LogP) is 2.66. The molecule has 0 saturated carbocycles. The third-order valence-electron chi connectivity index (χ3n) is 2.27. The number of rotatable bonds is 8. The average molecular weight is 273 g/mol. The Balaban J connectivity index is 2.36. The summed E-state index contributed by atoms with van der Waals surface area (Å²) < 4.78 is 5.37. The molecule has 0 aliphatic carbocycles. The number of anilines is 1. The van der Waals surface area contributed by atoms with Gasteiger partial charge in [0.1, 0.15) is 5.82 Å². The van der Waals surface area contributed by atoms with Crippen molar-refractivity contribution < 1.29 is 14.6 Å². The summed E-state index contributed by atoms with van der Waals surface area (Å²) >= 11 is 5.91. The van der Waals surface area contributed by atoms with Gasteiger partial charge in [0.25, 0.3) is 0 Å². The van der Waals surface area contributed by atoms with Gasteiger partial charge in [0, 0.05) is 19.3 Å². The van der Waals surface area contributed by atoms with Gasteiger partial charge in [0.2, 0.25) is 0 Å². The first kappa shape index (κ1) is 14.7. The van der Waals surface area contributed by atoms with Gasteiger partial charge in [-0.25, -0.2) is 9.78 Å². The first-order valence-corrected chi connectivity index (χ1v) is 6.23. The maximum Gasteiger partial charge on any atom is 0.337 e. The molecule has 0 fully saturated rings. The van der Waals surface area contributed by atoms with Gasteiger partial charge in [-0.2, -0.15) is 0 Å². The number of nitrogens with zero attached hydrogens (tertiary/aromatic N) is 1. The number of hydrogen-bond donors (Lipinski definition) is 2. The fraction of sp³-hybridized carbons (Fsp3) is 0.500. The second-order valence-electron chi connectivity index (χ2n) is 3.75. The minimum absolute atomic E-state index is 0.0738. The molecule has 0 amide bonds. The van der Waals surface area contributed by atoms with Crippen LogP contribution in [-0.4, -0.2) is 35.8 Å². The summed E-state index contributed by atoms with van der Waals surface area (Å²) in [5.41, 5.74) is 0.0738. The molecule has 0 spiro atoms. The number of aromatic carboxylic acids is 1. The lowest BCUT2D eigenvalue weighted by Gasteiger charge is -2.08. The van der Waals surface area contributed by atoms with Crippen LogP contribution in [-0.2, 0) is 4.74 Å². The number of carboxylic acid groups (broad SMARTS) is 1. The number of aromatic nitrogens is 1. The highest BCUT2D eigenvalue weighted by Gasteiger charge is 2.07. The van der Waals surface area contributed by atoms with Gasteiger partial charge in [-0.05, 0) is 12.5 Å². The van der Waals surface area contributed by atoms with Crippen LogP contribution in [0.4, 0.5) is 5.82 Å². The molecule has 6 heteroatoms. The fourth-order valence-corrected chi connectivity index (χ4v) is 1.51. The van der Waals surface area contributed by atoms with Crippen LogP contribution in [0, 0.1) is 0 Å². The van der Waals surface area contributed by atoms with Crippen molar-refractivity contribution in [1.29, 1.82) is 0 Å². The lowest BCUT2D eigenvalue weighted by Crippen LogP contribution is -2.11. The monoisotopic (exact) mass is 272 g/mol. The van der Waals surface area contributed by atoms with E-state index in [1.165, 1.54) is 12.3 Å². The van der Waals surface area contributed by atoms with Crippen LogP contribution in [0.25, 0.3) is 0 Å². The molecular formula is C12H17ClN2O3. The second kappa shape index (κ2) is 7.89. The van der Waals surface area contributed by atoms with E-state index >= 15 is 0 Å².